The van der Waals surface area contributed by atoms with Crippen LogP contribution in [0.5, 0.6) is 0 Å². The highest BCUT2D eigenvalue weighted by Gasteiger charge is 2.36. The molecule has 0 saturated carbocycles. The monoisotopic (exact) mass is 313 g/mol. The fraction of sp³-hybridized carbons (Fsp3) is 0.529. The molecule has 3 N–H and O–H groups in total. The van der Waals surface area contributed by atoms with Gasteiger partial charge in [-0.3, -0.25) is 4.79 Å². The smallest absolute Gasteiger partial charge is 0.270 e. The van der Waals surface area contributed by atoms with Crippen LogP contribution in [0.3, 0.4) is 0 Å². The normalized spacial score (nSPS) is 24.0. The molecule has 2 aliphatic rings. The van der Waals surface area contributed by atoms with Gasteiger partial charge in [0.05, 0.1) is 6.33 Å². The molecule has 122 valence electrons. The molecule has 1 amide bonds. The van der Waals surface area contributed by atoms with E-state index in [9.17, 15) is 4.79 Å². The van der Waals surface area contributed by atoms with Gasteiger partial charge in [-0.2, -0.15) is 0 Å². The third-order valence-corrected chi connectivity index (χ3v) is 5.23. The maximum absolute atomic E-state index is 12.8. The van der Waals surface area contributed by atoms with Gasteiger partial charge in [0, 0.05) is 49.7 Å². The van der Waals surface area contributed by atoms with Crippen molar-refractivity contribution < 1.29 is 4.79 Å². The number of carbonyl (C=O) groups is 1. The lowest BCUT2D eigenvalue weighted by Crippen LogP contribution is -2.32. The van der Waals surface area contributed by atoms with Crippen LogP contribution in [-0.2, 0) is 19.9 Å². The number of imidazole rings is 1. The number of hydrogen-bond acceptors (Lipinski definition) is 3. The van der Waals surface area contributed by atoms with E-state index in [1.807, 2.05) is 28.8 Å². The Morgan fingerprint density at radius 2 is 2.17 bits per heavy atom. The summed E-state index contributed by atoms with van der Waals surface area (Å²) in [7, 11) is 1.97. The fourth-order valence-corrected chi connectivity index (χ4v) is 3.92. The second kappa shape index (κ2) is 5.53. The molecule has 1 saturated heterocycles. The summed E-state index contributed by atoms with van der Waals surface area (Å²) in [5.74, 6) is 0.218. The minimum Gasteiger partial charge on any atom is -0.354 e. The minimum atomic E-state index is -0.0427. The first-order chi connectivity index (χ1) is 11.1. The van der Waals surface area contributed by atoms with E-state index in [-0.39, 0.29) is 17.9 Å². The second-order valence-electron chi connectivity index (χ2n) is 6.80. The van der Waals surface area contributed by atoms with Gasteiger partial charge in [-0.15, -0.1) is 0 Å². The van der Waals surface area contributed by atoms with Crippen LogP contribution in [0.1, 0.15) is 46.2 Å². The summed E-state index contributed by atoms with van der Waals surface area (Å²) >= 11 is 0. The highest BCUT2D eigenvalue weighted by Crippen LogP contribution is 2.28. The molecule has 1 fully saturated rings. The predicted octanol–water partition coefficient (Wildman–Crippen LogP) is 1.19. The average molecular weight is 313 g/mol. The lowest BCUT2D eigenvalue weighted by atomic mass is 9.98. The number of aromatic amines is 1. The number of nitrogens with one attached hydrogen (secondary N) is 1. The average Bonchev–Trinajstić information content (AvgIpc) is 3.24. The molecule has 0 radical (unpaired) electrons. The summed E-state index contributed by atoms with van der Waals surface area (Å²) in [6, 6.07) is 2.00. The molecular weight excluding hydrogens is 290 g/mol. The van der Waals surface area contributed by atoms with Crippen LogP contribution in [0.2, 0.25) is 0 Å². The minimum absolute atomic E-state index is 0.0427. The molecular formula is C17H23N5O. The molecule has 0 aromatic carbocycles. The van der Waals surface area contributed by atoms with Gasteiger partial charge in [-0.1, -0.05) is 0 Å². The van der Waals surface area contributed by atoms with Crippen LogP contribution >= 0.6 is 0 Å². The van der Waals surface area contributed by atoms with Gasteiger partial charge in [-0.25, -0.2) is 4.98 Å². The number of H-pyrrole nitrogens is 1. The van der Waals surface area contributed by atoms with E-state index >= 15 is 0 Å². The number of aryl methyl sites for hydroxylation is 3. The van der Waals surface area contributed by atoms with E-state index in [2.05, 4.69) is 9.97 Å². The largest absolute Gasteiger partial charge is 0.354 e. The Balaban J connectivity index is 1.53. The number of fused-ring (bicyclic) bond motifs is 1. The van der Waals surface area contributed by atoms with E-state index in [0.717, 1.165) is 24.2 Å². The zero-order valence-corrected chi connectivity index (χ0v) is 13.5. The third kappa shape index (κ3) is 2.47. The van der Waals surface area contributed by atoms with Gasteiger partial charge in [0.1, 0.15) is 5.69 Å². The molecule has 3 heterocycles. The highest BCUT2D eigenvalue weighted by atomic mass is 16.2. The first-order valence-corrected chi connectivity index (χ1v) is 8.35. The molecule has 23 heavy (non-hydrogen) atoms. The first-order valence-electron chi connectivity index (χ1n) is 8.35. The number of nitrogens with zero attached hydrogens (tertiary/aromatic N) is 3. The molecule has 6 heteroatoms. The Kier molecular flexibility index (Phi) is 3.49. The van der Waals surface area contributed by atoms with Crippen molar-refractivity contribution in [2.45, 2.75) is 37.6 Å². The zero-order chi connectivity index (χ0) is 16.0. The zero-order valence-electron chi connectivity index (χ0n) is 13.5. The summed E-state index contributed by atoms with van der Waals surface area (Å²) in [5, 5.41) is 0. The van der Waals surface area contributed by atoms with Gasteiger partial charge in [-0.05, 0) is 37.3 Å². The van der Waals surface area contributed by atoms with Crippen molar-refractivity contribution in [1.29, 1.82) is 0 Å². The summed E-state index contributed by atoms with van der Waals surface area (Å²) in [6.45, 7) is 1.25. The molecule has 0 spiro atoms. The quantitative estimate of drug-likeness (QED) is 0.874. The van der Waals surface area contributed by atoms with Crippen LogP contribution in [0.15, 0.2) is 18.6 Å². The van der Waals surface area contributed by atoms with Crippen molar-refractivity contribution in [3.8, 4) is 0 Å². The third-order valence-electron chi connectivity index (χ3n) is 5.23. The van der Waals surface area contributed by atoms with E-state index in [1.54, 1.807) is 6.33 Å². The van der Waals surface area contributed by atoms with E-state index in [1.165, 1.54) is 24.1 Å². The number of amides is 1. The fourth-order valence-electron chi connectivity index (χ4n) is 3.92. The van der Waals surface area contributed by atoms with Crippen LogP contribution < -0.4 is 5.73 Å². The first kappa shape index (κ1) is 14.5. The number of aromatic nitrogens is 3. The Morgan fingerprint density at radius 1 is 1.35 bits per heavy atom. The molecule has 2 aromatic heterocycles. The molecule has 2 aromatic rings. The highest BCUT2D eigenvalue weighted by molar-refractivity contribution is 5.93. The Hall–Kier alpha value is -2.08. The molecule has 0 bridgehead atoms. The van der Waals surface area contributed by atoms with Gasteiger partial charge >= 0.3 is 0 Å². The van der Waals surface area contributed by atoms with Crippen molar-refractivity contribution in [3.05, 3.63) is 41.2 Å². The van der Waals surface area contributed by atoms with E-state index in [4.69, 9.17) is 5.73 Å². The van der Waals surface area contributed by atoms with Crippen molar-refractivity contribution in [2.75, 3.05) is 13.1 Å². The van der Waals surface area contributed by atoms with Crippen molar-refractivity contribution >= 4 is 5.91 Å². The standard InChI is InChI=1S/C17H23N5O/c1-21-10-19-7-16(21)12-8-22(9-13(12)18)17(23)15-6-11-4-2-3-5-14(11)20-15/h6-7,10,12-13,20H,2-5,8-9,18H2,1H3/t12-,13-/m1/s1. The van der Waals surface area contributed by atoms with E-state index < -0.39 is 0 Å². The lowest BCUT2D eigenvalue weighted by Gasteiger charge is -2.15. The summed E-state index contributed by atoms with van der Waals surface area (Å²) in [4.78, 5) is 22.2. The molecule has 4 rings (SSSR count). The predicted molar refractivity (Wildman–Crippen MR) is 87.3 cm³/mol. The van der Waals surface area contributed by atoms with Crippen LogP contribution in [0.4, 0.5) is 0 Å². The molecule has 2 atom stereocenters. The van der Waals surface area contributed by atoms with Crippen molar-refractivity contribution in [2.24, 2.45) is 12.8 Å². The summed E-state index contributed by atoms with van der Waals surface area (Å²) in [5.41, 5.74) is 10.7. The summed E-state index contributed by atoms with van der Waals surface area (Å²) < 4.78 is 1.99. The Labute approximate surface area is 135 Å². The number of rotatable bonds is 2. The number of nitrogens with two attached hydrogens (primary N) is 1. The number of likely N-dealkylation sites (tertiary alicyclic amines) is 1. The van der Waals surface area contributed by atoms with Gasteiger partial charge in [0.25, 0.3) is 5.91 Å². The Morgan fingerprint density at radius 3 is 2.91 bits per heavy atom. The van der Waals surface area contributed by atoms with Gasteiger partial charge in [0.15, 0.2) is 0 Å². The van der Waals surface area contributed by atoms with Crippen LogP contribution in [-0.4, -0.2) is 44.5 Å². The molecule has 1 aliphatic carbocycles. The molecule has 6 nitrogen and oxygen atoms in total. The van der Waals surface area contributed by atoms with E-state index in [0.29, 0.717) is 13.1 Å². The SMILES string of the molecule is Cn1cncc1[C@@H]1CN(C(=O)c2cc3c([nH]2)CCCC3)C[C@H]1N. The maximum Gasteiger partial charge on any atom is 0.270 e. The lowest BCUT2D eigenvalue weighted by molar-refractivity contribution is 0.0783. The molecule has 1 aliphatic heterocycles. The van der Waals surface area contributed by atoms with Crippen molar-refractivity contribution in [3.63, 3.8) is 0 Å². The van der Waals surface area contributed by atoms with Crippen LogP contribution in [0, 0.1) is 0 Å². The number of carbonyl (C=O) groups excluding carboxylic acids is 1. The number of hydrogen-bond donors (Lipinski definition) is 2. The van der Waals surface area contributed by atoms with Gasteiger partial charge < -0.3 is 20.2 Å². The summed E-state index contributed by atoms with van der Waals surface area (Å²) in [6.07, 6.45) is 8.20. The second-order valence-corrected chi connectivity index (χ2v) is 6.80. The Bertz CT molecular complexity index is 708. The van der Waals surface area contributed by atoms with Gasteiger partial charge in [0.2, 0.25) is 0 Å². The van der Waals surface area contributed by atoms with Crippen molar-refractivity contribution in [1.82, 2.24) is 19.4 Å². The molecule has 0 unspecified atom stereocenters. The maximum atomic E-state index is 12.8. The van der Waals surface area contributed by atoms with Crippen LogP contribution in [0.25, 0.3) is 0 Å². The topological polar surface area (TPSA) is 79.9 Å².